The van der Waals surface area contributed by atoms with E-state index in [1.807, 2.05) is 6.07 Å². The zero-order valence-corrected chi connectivity index (χ0v) is 19.7. The van der Waals surface area contributed by atoms with Crippen LogP contribution in [0.25, 0.3) is 11.0 Å². The number of nitrogens with one attached hydrogen (secondary N) is 1. The van der Waals surface area contributed by atoms with Gasteiger partial charge in [0.25, 0.3) is 15.2 Å². The number of rotatable bonds is 7. The van der Waals surface area contributed by atoms with E-state index in [4.69, 9.17) is 23.5 Å². The van der Waals surface area contributed by atoms with Crippen molar-refractivity contribution in [3.05, 3.63) is 41.4 Å². The van der Waals surface area contributed by atoms with Crippen LogP contribution in [-0.2, 0) is 10.0 Å². The lowest BCUT2D eigenvalue weighted by Gasteiger charge is -2.21. The molecule has 10 nitrogen and oxygen atoms in total. The highest BCUT2D eigenvalue weighted by atomic mass is 32.2. The van der Waals surface area contributed by atoms with Crippen molar-refractivity contribution in [3.8, 4) is 28.2 Å². The minimum Gasteiger partial charge on any atom is -0.496 e. The van der Waals surface area contributed by atoms with Crippen LogP contribution >= 0.6 is 11.3 Å². The SMILES string of the molecule is COc1ccc2c(c1S(=O)(=O)Nc1noc3cc(Oc4nccs4)cc(OC)c13)OC[C@@H]1C[C@H]21. The lowest BCUT2D eigenvalue weighted by molar-refractivity contribution is 0.267. The highest BCUT2D eigenvalue weighted by Crippen LogP contribution is 2.56. The van der Waals surface area contributed by atoms with Gasteiger partial charge in [-0.15, -0.1) is 0 Å². The number of fused-ring (bicyclic) bond motifs is 4. The Balaban J connectivity index is 1.40. The number of hydrogen-bond acceptors (Lipinski definition) is 10. The molecule has 0 unspecified atom stereocenters. The lowest BCUT2D eigenvalue weighted by Crippen LogP contribution is -2.19. The van der Waals surface area contributed by atoms with Gasteiger partial charge in [0.1, 0.15) is 28.4 Å². The Morgan fingerprint density at radius 2 is 2.03 bits per heavy atom. The Kier molecular flexibility index (Phi) is 4.81. The van der Waals surface area contributed by atoms with E-state index in [2.05, 4.69) is 14.9 Å². The molecule has 0 amide bonds. The van der Waals surface area contributed by atoms with Gasteiger partial charge in [0.05, 0.1) is 20.8 Å². The number of benzene rings is 2. The molecule has 1 aliphatic carbocycles. The van der Waals surface area contributed by atoms with Crippen LogP contribution in [0.2, 0.25) is 0 Å². The fourth-order valence-corrected chi connectivity index (χ4v) is 6.10. The van der Waals surface area contributed by atoms with Gasteiger partial charge in [-0.25, -0.2) is 13.4 Å². The standard InChI is InChI=1S/C22H19N3O7S2/c1-28-15-4-3-13-14-7-11(14)10-30-19(13)20(15)34(26,27)25-21-18-16(29-2)8-12(9-17(18)32-24-21)31-22-23-5-6-33-22/h3-6,8-9,11,14H,7,10H2,1-2H3,(H,24,25)/t11-,14-/m0/s1. The van der Waals surface area contributed by atoms with E-state index in [1.54, 1.807) is 29.8 Å². The largest absolute Gasteiger partial charge is 0.496 e. The van der Waals surface area contributed by atoms with Gasteiger partial charge in [-0.1, -0.05) is 22.6 Å². The maximum atomic E-state index is 13.6. The zero-order valence-electron chi connectivity index (χ0n) is 18.1. The van der Waals surface area contributed by atoms with Crippen LogP contribution in [0, 0.1) is 5.92 Å². The van der Waals surface area contributed by atoms with Crippen LogP contribution in [0.1, 0.15) is 17.9 Å². The van der Waals surface area contributed by atoms with Gasteiger partial charge in [0.2, 0.25) is 0 Å². The molecule has 2 aliphatic rings. The minimum atomic E-state index is -4.16. The van der Waals surface area contributed by atoms with E-state index < -0.39 is 10.0 Å². The third-order valence-electron chi connectivity index (χ3n) is 5.94. The minimum absolute atomic E-state index is 0.0209. The van der Waals surface area contributed by atoms with Crippen molar-refractivity contribution in [2.75, 3.05) is 25.5 Å². The average molecular weight is 502 g/mol. The Bertz CT molecular complexity index is 1500. The van der Waals surface area contributed by atoms with Gasteiger partial charge >= 0.3 is 0 Å². The molecule has 2 aromatic heterocycles. The summed E-state index contributed by atoms with van der Waals surface area (Å²) in [5.74, 6) is 1.97. The lowest BCUT2D eigenvalue weighted by atomic mass is 10.1. The maximum absolute atomic E-state index is 13.6. The average Bonchev–Trinajstić information content (AvgIpc) is 3.28. The van der Waals surface area contributed by atoms with Gasteiger partial charge in [0, 0.05) is 29.6 Å². The van der Waals surface area contributed by atoms with E-state index in [0.29, 0.717) is 46.3 Å². The predicted molar refractivity (Wildman–Crippen MR) is 123 cm³/mol. The number of thiazole rings is 1. The monoisotopic (exact) mass is 501 g/mol. The molecule has 2 atom stereocenters. The molecular weight excluding hydrogens is 482 g/mol. The van der Waals surface area contributed by atoms with E-state index in [-0.39, 0.29) is 22.0 Å². The molecule has 1 aliphatic heterocycles. The second kappa shape index (κ2) is 7.77. The molecule has 3 heterocycles. The number of sulfonamides is 1. The summed E-state index contributed by atoms with van der Waals surface area (Å²) in [6.45, 7) is 0.482. The Labute approximate surface area is 198 Å². The molecule has 0 saturated heterocycles. The van der Waals surface area contributed by atoms with E-state index in [9.17, 15) is 8.42 Å². The number of anilines is 1. The molecule has 34 heavy (non-hydrogen) atoms. The Morgan fingerprint density at radius 1 is 1.18 bits per heavy atom. The Hall–Kier alpha value is -3.51. The summed E-state index contributed by atoms with van der Waals surface area (Å²) in [7, 11) is -1.28. The molecule has 1 fully saturated rings. The molecule has 0 radical (unpaired) electrons. The van der Waals surface area contributed by atoms with Gasteiger partial charge in [-0.3, -0.25) is 4.72 Å². The second-order valence-corrected chi connectivity index (χ2v) is 10.4. The first-order valence-electron chi connectivity index (χ1n) is 10.4. The Morgan fingerprint density at radius 3 is 2.79 bits per heavy atom. The van der Waals surface area contributed by atoms with Gasteiger partial charge in [0.15, 0.2) is 16.3 Å². The fourth-order valence-electron chi connectivity index (χ4n) is 4.26. The van der Waals surface area contributed by atoms with E-state index in [1.165, 1.54) is 25.6 Å². The number of methoxy groups -OCH3 is 2. The van der Waals surface area contributed by atoms with Crippen molar-refractivity contribution in [1.29, 1.82) is 0 Å². The highest BCUT2D eigenvalue weighted by Gasteiger charge is 2.46. The number of ether oxygens (including phenoxy) is 4. The topological polar surface area (TPSA) is 122 Å². The summed E-state index contributed by atoms with van der Waals surface area (Å²) < 4.78 is 57.5. The van der Waals surface area contributed by atoms with Crippen LogP contribution in [0.5, 0.6) is 28.2 Å². The smallest absolute Gasteiger partial charge is 0.278 e. The summed E-state index contributed by atoms with van der Waals surface area (Å²) in [5.41, 5.74) is 1.16. The first-order valence-corrected chi connectivity index (χ1v) is 12.8. The van der Waals surface area contributed by atoms with Crippen molar-refractivity contribution >= 4 is 38.1 Å². The molecule has 2 aromatic carbocycles. The van der Waals surface area contributed by atoms with Crippen molar-refractivity contribution in [2.45, 2.75) is 17.2 Å². The molecule has 0 bridgehead atoms. The van der Waals surface area contributed by atoms with Gasteiger partial charge in [-0.2, -0.15) is 0 Å². The first-order chi connectivity index (χ1) is 16.5. The number of hydrogen-bond donors (Lipinski definition) is 1. The highest BCUT2D eigenvalue weighted by molar-refractivity contribution is 7.93. The van der Waals surface area contributed by atoms with Gasteiger partial charge < -0.3 is 23.5 Å². The second-order valence-electron chi connectivity index (χ2n) is 7.96. The third kappa shape index (κ3) is 3.41. The molecular formula is C22H19N3O7S2. The normalized spacial score (nSPS) is 18.5. The number of nitrogens with zero attached hydrogens (tertiary/aromatic N) is 2. The van der Waals surface area contributed by atoms with Crippen molar-refractivity contribution in [1.82, 2.24) is 10.1 Å². The van der Waals surface area contributed by atoms with Crippen molar-refractivity contribution < 1.29 is 31.9 Å². The molecule has 6 rings (SSSR count). The zero-order chi connectivity index (χ0) is 23.4. The quantitative estimate of drug-likeness (QED) is 0.393. The van der Waals surface area contributed by atoms with Crippen LogP contribution in [0.4, 0.5) is 5.82 Å². The van der Waals surface area contributed by atoms with Crippen LogP contribution in [0.15, 0.2) is 45.3 Å². The van der Waals surface area contributed by atoms with Crippen LogP contribution in [0.3, 0.4) is 0 Å². The predicted octanol–water partition coefficient (Wildman–Crippen LogP) is 4.39. The van der Waals surface area contributed by atoms with Crippen LogP contribution < -0.4 is 23.7 Å². The van der Waals surface area contributed by atoms with Crippen LogP contribution in [-0.4, -0.2) is 39.4 Å². The molecule has 0 spiro atoms. The summed E-state index contributed by atoms with van der Waals surface area (Å²) in [6, 6.07) is 6.72. The first kappa shape index (κ1) is 21.1. The van der Waals surface area contributed by atoms with Crippen molar-refractivity contribution in [2.24, 2.45) is 5.92 Å². The fraction of sp³-hybridized carbons (Fsp3) is 0.273. The van der Waals surface area contributed by atoms with Crippen molar-refractivity contribution in [3.63, 3.8) is 0 Å². The van der Waals surface area contributed by atoms with Gasteiger partial charge in [-0.05, 0) is 24.0 Å². The third-order valence-corrected chi connectivity index (χ3v) is 7.97. The molecule has 1 saturated carbocycles. The van der Waals surface area contributed by atoms with E-state index in [0.717, 1.165) is 12.0 Å². The summed E-state index contributed by atoms with van der Waals surface area (Å²) in [4.78, 5) is 4.03. The maximum Gasteiger partial charge on any atom is 0.278 e. The molecule has 4 aromatic rings. The summed E-state index contributed by atoms with van der Waals surface area (Å²) in [5, 5.41) is 6.53. The summed E-state index contributed by atoms with van der Waals surface area (Å²) in [6.07, 6.45) is 2.61. The summed E-state index contributed by atoms with van der Waals surface area (Å²) >= 11 is 1.33. The van der Waals surface area contributed by atoms with E-state index >= 15 is 0 Å². The molecule has 176 valence electrons. The molecule has 1 N–H and O–H groups in total. The number of aromatic nitrogens is 2. The molecule has 12 heteroatoms.